The van der Waals surface area contributed by atoms with Crippen molar-refractivity contribution in [3.63, 3.8) is 0 Å². The predicted molar refractivity (Wildman–Crippen MR) is 119 cm³/mol. The molecule has 0 saturated carbocycles. The van der Waals surface area contributed by atoms with Gasteiger partial charge in [0, 0.05) is 53.3 Å². The van der Waals surface area contributed by atoms with Crippen LogP contribution in [0, 0.1) is 0 Å². The molecule has 0 spiro atoms. The third kappa shape index (κ3) is 3.80. The second-order valence-electron chi connectivity index (χ2n) is 7.13. The van der Waals surface area contributed by atoms with Gasteiger partial charge in [0.05, 0.1) is 5.52 Å². The second kappa shape index (κ2) is 7.91. The summed E-state index contributed by atoms with van der Waals surface area (Å²) in [5.41, 5.74) is 1.72. The van der Waals surface area contributed by atoms with Gasteiger partial charge in [-0.2, -0.15) is 0 Å². The Balaban J connectivity index is 1.81. The van der Waals surface area contributed by atoms with Crippen molar-refractivity contribution >= 4 is 52.8 Å². The van der Waals surface area contributed by atoms with Crippen molar-refractivity contribution in [3.05, 3.63) is 63.2 Å². The SMILES string of the molecule is CN1CCN(Cc2cn(S(=O)(=O)c3ccccc3Br)c3ccc(Br)cc23)CC1. The summed E-state index contributed by atoms with van der Waals surface area (Å²) in [5, 5.41) is 0.962. The summed E-state index contributed by atoms with van der Waals surface area (Å²) in [6, 6.07) is 12.7. The van der Waals surface area contributed by atoms with E-state index in [2.05, 4.69) is 48.7 Å². The van der Waals surface area contributed by atoms with Gasteiger partial charge in [-0.05, 0) is 58.9 Å². The first-order valence-electron chi connectivity index (χ1n) is 9.07. The maximum atomic E-state index is 13.4. The molecule has 0 N–H and O–H groups in total. The lowest BCUT2D eigenvalue weighted by Crippen LogP contribution is -2.43. The van der Waals surface area contributed by atoms with Crippen LogP contribution < -0.4 is 0 Å². The smallest absolute Gasteiger partial charge is 0.269 e. The van der Waals surface area contributed by atoms with E-state index in [4.69, 9.17) is 0 Å². The highest BCUT2D eigenvalue weighted by atomic mass is 79.9. The Bertz CT molecular complexity index is 1120. The maximum Gasteiger partial charge on any atom is 0.269 e. The lowest BCUT2D eigenvalue weighted by molar-refractivity contribution is 0.148. The van der Waals surface area contributed by atoms with Gasteiger partial charge in [0.15, 0.2) is 0 Å². The molecule has 1 aliphatic heterocycles. The summed E-state index contributed by atoms with van der Waals surface area (Å²) in [7, 11) is -1.58. The van der Waals surface area contributed by atoms with Crippen LogP contribution in [0.5, 0.6) is 0 Å². The van der Waals surface area contributed by atoms with Crippen LogP contribution in [0.1, 0.15) is 5.56 Å². The van der Waals surface area contributed by atoms with Crippen LogP contribution in [-0.4, -0.2) is 55.4 Å². The Morgan fingerprint density at radius 3 is 2.43 bits per heavy atom. The molecule has 3 aromatic rings. The van der Waals surface area contributed by atoms with Gasteiger partial charge in [0.2, 0.25) is 0 Å². The van der Waals surface area contributed by atoms with Crippen LogP contribution in [0.25, 0.3) is 10.9 Å². The van der Waals surface area contributed by atoms with Crippen molar-refractivity contribution < 1.29 is 8.42 Å². The van der Waals surface area contributed by atoms with Crippen molar-refractivity contribution in [2.45, 2.75) is 11.4 Å². The number of rotatable bonds is 4. The third-order valence-corrected chi connectivity index (χ3v) is 8.36. The van der Waals surface area contributed by atoms with Crippen molar-refractivity contribution in [1.29, 1.82) is 0 Å². The molecule has 5 nitrogen and oxygen atoms in total. The van der Waals surface area contributed by atoms with Gasteiger partial charge in [-0.3, -0.25) is 4.90 Å². The molecule has 2 heterocycles. The largest absolute Gasteiger partial charge is 0.304 e. The molecule has 0 amide bonds. The molecule has 1 aromatic heterocycles. The normalized spacial score (nSPS) is 16.7. The number of likely N-dealkylation sites (N-methyl/N-ethyl adjacent to an activating group) is 1. The Hall–Kier alpha value is -1.19. The average molecular weight is 527 g/mol. The van der Waals surface area contributed by atoms with E-state index in [0.717, 1.165) is 48.1 Å². The van der Waals surface area contributed by atoms with Gasteiger partial charge in [-0.15, -0.1) is 0 Å². The van der Waals surface area contributed by atoms with Gasteiger partial charge in [-0.25, -0.2) is 12.4 Å². The molecule has 0 atom stereocenters. The number of halogens is 2. The molecular formula is C20H21Br2N3O2S. The van der Waals surface area contributed by atoms with Crippen molar-refractivity contribution in [2.24, 2.45) is 0 Å². The highest BCUT2D eigenvalue weighted by Gasteiger charge is 2.24. The standard InChI is InChI=1S/C20H21Br2N3O2S/c1-23-8-10-24(11-9-23)13-15-14-25(19-7-6-16(21)12-17(15)19)28(26,27)20-5-3-2-4-18(20)22/h2-7,12,14H,8-11,13H2,1H3. The van der Waals surface area contributed by atoms with Crippen LogP contribution >= 0.6 is 31.9 Å². The number of benzene rings is 2. The minimum Gasteiger partial charge on any atom is -0.304 e. The minimum atomic E-state index is -3.71. The molecule has 0 aliphatic carbocycles. The maximum absolute atomic E-state index is 13.4. The zero-order valence-electron chi connectivity index (χ0n) is 15.5. The molecule has 4 rings (SSSR count). The van der Waals surface area contributed by atoms with Crippen LogP contribution in [0.2, 0.25) is 0 Å². The first-order valence-corrected chi connectivity index (χ1v) is 12.1. The fourth-order valence-corrected chi connectivity index (χ4v) is 6.29. The van der Waals surface area contributed by atoms with Crippen molar-refractivity contribution in [2.75, 3.05) is 33.2 Å². The first-order chi connectivity index (χ1) is 13.4. The lowest BCUT2D eigenvalue weighted by Gasteiger charge is -2.32. The number of hydrogen-bond acceptors (Lipinski definition) is 4. The van der Waals surface area contributed by atoms with E-state index in [0.29, 0.717) is 9.99 Å². The van der Waals surface area contributed by atoms with Crippen molar-refractivity contribution in [3.8, 4) is 0 Å². The predicted octanol–water partition coefficient (Wildman–Crippen LogP) is 4.15. The fraction of sp³-hybridized carbons (Fsp3) is 0.300. The van der Waals surface area contributed by atoms with E-state index in [-0.39, 0.29) is 4.90 Å². The van der Waals surface area contributed by atoms with E-state index in [9.17, 15) is 8.42 Å². The van der Waals surface area contributed by atoms with Crippen LogP contribution in [0.4, 0.5) is 0 Å². The highest BCUT2D eigenvalue weighted by molar-refractivity contribution is 9.10. The molecule has 8 heteroatoms. The number of aromatic nitrogens is 1. The fourth-order valence-electron chi connectivity index (χ4n) is 3.57. The zero-order chi connectivity index (χ0) is 19.9. The minimum absolute atomic E-state index is 0.265. The monoisotopic (exact) mass is 525 g/mol. The second-order valence-corrected chi connectivity index (χ2v) is 10.7. The van der Waals surface area contributed by atoms with E-state index >= 15 is 0 Å². The molecule has 0 unspecified atom stereocenters. The molecule has 1 aliphatic rings. The molecule has 2 aromatic carbocycles. The number of fused-ring (bicyclic) bond motifs is 1. The molecule has 148 valence electrons. The highest BCUT2D eigenvalue weighted by Crippen LogP contribution is 2.31. The quantitative estimate of drug-likeness (QED) is 0.512. The van der Waals surface area contributed by atoms with Gasteiger partial charge in [0.25, 0.3) is 10.0 Å². The summed E-state index contributed by atoms with van der Waals surface area (Å²) in [4.78, 5) is 4.96. The van der Waals surface area contributed by atoms with E-state index in [1.165, 1.54) is 3.97 Å². The number of piperazine rings is 1. The summed E-state index contributed by atoms with van der Waals surface area (Å²) < 4.78 is 29.7. The van der Waals surface area contributed by atoms with Crippen LogP contribution in [0.15, 0.2) is 62.5 Å². The number of nitrogens with zero attached hydrogens (tertiary/aromatic N) is 3. The van der Waals surface area contributed by atoms with Gasteiger partial charge in [0.1, 0.15) is 4.90 Å². The van der Waals surface area contributed by atoms with Crippen LogP contribution in [0.3, 0.4) is 0 Å². The lowest BCUT2D eigenvalue weighted by atomic mass is 10.1. The Morgan fingerprint density at radius 2 is 1.71 bits per heavy atom. The molecule has 28 heavy (non-hydrogen) atoms. The molecule has 0 radical (unpaired) electrons. The Morgan fingerprint density at radius 1 is 1.00 bits per heavy atom. The Labute approximate surface area is 182 Å². The van der Waals surface area contributed by atoms with E-state index in [1.807, 2.05) is 24.3 Å². The topological polar surface area (TPSA) is 45.5 Å². The van der Waals surface area contributed by atoms with Gasteiger partial charge < -0.3 is 4.90 Å². The van der Waals surface area contributed by atoms with E-state index < -0.39 is 10.0 Å². The summed E-state index contributed by atoms with van der Waals surface area (Å²) in [6.45, 7) is 4.75. The van der Waals surface area contributed by atoms with Gasteiger partial charge >= 0.3 is 0 Å². The van der Waals surface area contributed by atoms with Crippen LogP contribution in [-0.2, 0) is 16.6 Å². The number of hydrogen-bond donors (Lipinski definition) is 0. The van der Waals surface area contributed by atoms with Gasteiger partial charge in [-0.1, -0.05) is 28.1 Å². The molecule has 0 bridgehead atoms. The third-order valence-electron chi connectivity index (χ3n) is 5.18. The average Bonchev–Trinajstić information content (AvgIpc) is 3.02. The molecule has 1 saturated heterocycles. The van der Waals surface area contributed by atoms with E-state index in [1.54, 1.807) is 24.4 Å². The summed E-state index contributed by atoms with van der Waals surface area (Å²) in [6.07, 6.45) is 1.78. The van der Waals surface area contributed by atoms with Crippen molar-refractivity contribution in [1.82, 2.24) is 13.8 Å². The first kappa shape index (κ1) is 20.1. The zero-order valence-corrected chi connectivity index (χ0v) is 19.5. The summed E-state index contributed by atoms with van der Waals surface area (Å²) in [5.74, 6) is 0. The Kier molecular flexibility index (Phi) is 5.68. The molecule has 1 fully saturated rings. The molecular weight excluding hydrogens is 506 g/mol. The summed E-state index contributed by atoms with van der Waals surface area (Å²) >= 11 is 6.91.